The molecular weight excluding hydrogens is 192 g/mol. The fraction of sp³-hybridized carbons (Fsp3) is 0.300. The van der Waals surface area contributed by atoms with E-state index >= 15 is 0 Å². The number of hydrogen-bond acceptors (Lipinski definition) is 4. The van der Waals surface area contributed by atoms with Crippen LogP contribution in [0.25, 0.3) is 0 Å². The lowest BCUT2D eigenvalue weighted by atomic mass is 10.2. The summed E-state index contributed by atoms with van der Waals surface area (Å²) in [6.45, 7) is 2.05. The van der Waals surface area contributed by atoms with Gasteiger partial charge in [0.15, 0.2) is 0 Å². The molecule has 1 heterocycles. The van der Waals surface area contributed by atoms with Crippen molar-refractivity contribution >= 4 is 11.6 Å². The predicted molar refractivity (Wildman–Crippen MR) is 55.8 cm³/mol. The third kappa shape index (κ3) is 3.27. The number of nitrogens with two attached hydrogens (primary N) is 1. The van der Waals surface area contributed by atoms with Gasteiger partial charge in [-0.3, -0.25) is 4.79 Å². The largest absolute Gasteiger partial charge is 0.397 e. The van der Waals surface area contributed by atoms with Crippen LogP contribution in [-0.4, -0.2) is 17.4 Å². The van der Waals surface area contributed by atoms with E-state index < -0.39 is 0 Å². The Morgan fingerprint density at radius 3 is 3.00 bits per heavy atom. The zero-order chi connectivity index (χ0) is 11.3. The van der Waals surface area contributed by atoms with Crippen molar-refractivity contribution in [3.8, 4) is 6.07 Å². The van der Waals surface area contributed by atoms with Crippen LogP contribution in [0.5, 0.6) is 0 Å². The minimum absolute atomic E-state index is 0.206. The van der Waals surface area contributed by atoms with E-state index in [1.165, 1.54) is 6.20 Å². The topological polar surface area (TPSA) is 91.8 Å². The van der Waals surface area contributed by atoms with E-state index in [1.54, 1.807) is 19.1 Å². The number of carbonyl (C=O) groups is 1. The van der Waals surface area contributed by atoms with Gasteiger partial charge in [0, 0.05) is 6.54 Å². The summed E-state index contributed by atoms with van der Waals surface area (Å²) in [4.78, 5) is 15.3. The second-order valence-corrected chi connectivity index (χ2v) is 3.22. The number of anilines is 1. The molecule has 1 amide bonds. The van der Waals surface area contributed by atoms with Crippen molar-refractivity contribution in [3.63, 3.8) is 0 Å². The molecule has 5 nitrogen and oxygen atoms in total. The first-order valence-corrected chi connectivity index (χ1v) is 4.53. The van der Waals surface area contributed by atoms with Crippen LogP contribution in [0.15, 0.2) is 18.3 Å². The van der Waals surface area contributed by atoms with Gasteiger partial charge in [0.2, 0.25) is 0 Å². The molecule has 78 valence electrons. The van der Waals surface area contributed by atoms with Gasteiger partial charge in [0.1, 0.15) is 5.69 Å². The molecule has 3 N–H and O–H groups in total. The molecule has 1 rings (SSSR count). The summed E-state index contributed by atoms with van der Waals surface area (Å²) in [6.07, 6.45) is 1.42. The van der Waals surface area contributed by atoms with Crippen molar-refractivity contribution in [2.45, 2.75) is 6.92 Å². The van der Waals surface area contributed by atoms with E-state index in [-0.39, 0.29) is 11.8 Å². The Bertz CT molecular complexity index is 379. The highest BCUT2D eigenvalue weighted by atomic mass is 16.1. The maximum atomic E-state index is 11.5. The van der Waals surface area contributed by atoms with Crippen molar-refractivity contribution in [1.29, 1.82) is 5.26 Å². The van der Waals surface area contributed by atoms with Gasteiger partial charge in [-0.05, 0) is 19.1 Å². The number of aromatic nitrogens is 1. The van der Waals surface area contributed by atoms with Gasteiger partial charge in [0.05, 0.1) is 23.9 Å². The molecule has 1 unspecified atom stereocenters. The Hall–Kier alpha value is -2.09. The quantitative estimate of drug-likeness (QED) is 0.752. The standard InChI is InChI=1S/C10H12N4O/c1-7(4-11)5-14-10(15)9-3-2-8(12)6-13-9/h2-3,6-7H,5,12H2,1H3,(H,14,15). The zero-order valence-corrected chi connectivity index (χ0v) is 8.40. The second-order valence-electron chi connectivity index (χ2n) is 3.22. The number of nitrogen functional groups attached to an aromatic ring is 1. The maximum Gasteiger partial charge on any atom is 0.269 e. The normalized spacial score (nSPS) is 11.5. The van der Waals surface area contributed by atoms with E-state index in [1.807, 2.05) is 6.07 Å². The SMILES string of the molecule is CC(C#N)CNC(=O)c1ccc(N)cn1. The van der Waals surface area contributed by atoms with E-state index in [4.69, 9.17) is 11.0 Å². The van der Waals surface area contributed by atoms with E-state index in [9.17, 15) is 4.79 Å². The molecule has 0 saturated heterocycles. The zero-order valence-electron chi connectivity index (χ0n) is 8.40. The van der Waals surface area contributed by atoms with E-state index in [0.29, 0.717) is 17.9 Å². The summed E-state index contributed by atoms with van der Waals surface area (Å²) in [5, 5.41) is 11.1. The van der Waals surface area contributed by atoms with Crippen LogP contribution in [0.4, 0.5) is 5.69 Å². The molecule has 0 aliphatic carbocycles. The van der Waals surface area contributed by atoms with Gasteiger partial charge in [-0.2, -0.15) is 5.26 Å². The first-order valence-electron chi connectivity index (χ1n) is 4.53. The Balaban J connectivity index is 2.55. The van der Waals surface area contributed by atoms with Gasteiger partial charge in [-0.15, -0.1) is 0 Å². The van der Waals surface area contributed by atoms with Gasteiger partial charge in [0.25, 0.3) is 5.91 Å². The average molecular weight is 204 g/mol. The lowest BCUT2D eigenvalue weighted by Gasteiger charge is -2.05. The fourth-order valence-electron chi connectivity index (χ4n) is 0.922. The Morgan fingerprint density at radius 1 is 1.73 bits per heavy atom. The molecule has 0 saturated carbocycles. The molecule has 0 aliphatic rings. The first kappa shape index (κ1) is 11.0. The molecule has 0 fully saturated rings. The molecule has 0 spiro atoms. The van der Waals surface area contributed by atoms with Gasteiger partial charge >= 0.3 is 0 Å². The Labute approximate surface area is 87.9 Å². The Morgan fingerprint density at radius 2 is 2.47 bits per heavy atom. The van der Waals surface area contributed by atoms with Gasteiger partial charge < -0.3 is 11.1 Å². The number of amides is 1. The summed E-state index contributed by atoms with van der Waals surface area (Å²) in [7, 11) is 0. The molecule has 5 heteroatoms. The minimum Gasteiger partial charge on any atom is -0.397 e. The maximum absolute atomic E-state index is 11.5. The summed E-state index contributed by atoms with van der Waals surface area (Å²) in [5.74, 6) is -0.500. The summed E-state index contributed by atoms with van der Waals surface area (Å²) in [6, 6.07) is 5.18. The molecule has 15 heavy (non-hydrogen) atoms. The number of carbonyl (C=O) groups excluding carboxylic acids is 1. The van der Waals surface area contributed by atoms with E-state index in [2.05, 4.69) is 10.3 Å². The Kier molecular flexibility index (Phi) is 3.63. The van der Waals surface area contributed by atoms with Crippen molar-refractivity contribution in [3.05, 3.63) is 24.0 Å². The van der Waals surface area contributed by atoms with Crippen LogP contribution in [0, 0.1) is 17.2 Å². The number of rotatable bonds is 3. The van der Waals surface area contributed by atoms with Crippen LogP contribution in [0.3, 0.4) is 0 Å². The van der Waals surface area contributed by atoms with Crippen LogP contribution in [0.2, 0.25) is 0 Å². The number of nitriles is 1. The third-order valence-electron chi connectivity index (χ3n) is 1.81. The van der Waals surface area contributed by atoms with Crippen LogP contribution >= 0.6 is 0 Å². The first-order chi connectivity index (χ1) is 7.13. The van der Waals surface area contributed by atoms with Gasteiger partial charge in [-0.25, -0.2) is 4.98 Å². The molecule has 0 aliphatic heterocycles. The highest BCUT2D eigenvalue weighted by Crippen LogP contribution is 2.01. The minimum atomic E-state index is -0.294. The number of nitrogens with one attached hydrogen (secondary N) is 1. The monoisotopic (exact) mass is 204 g/mol. The molecular formula is C10H12N4O. The summed E-state index contributed by atoms with van der Waals surface area (Å²) < 4.78 is 0. The van der Waals surface area contributed by atoms with Crippen molar-refractivity contribution in [2.24, 2.45) is 5.92 Å². The number of nitrogens with zero attached hydrogens (tertiary/aromatic N) is 2. The highest BCUT2D eigenvalue weighted by Gasteiger charge is 2.07. The lowest BCUT2D eigenvalue weighted by Crippen LogP contribution is -2.28. The smallest absolute Gasteiger partial charge is 0.269 e. The van der Waals surface area contributed by atoms with Crippen molar-refractivity contribution < 1.29 is 4.79 Å². The average Bonchev–Trinajstić information content (AvgIpc) is 2.26. The molecule has 0 aromatic carbocycles. The highest BCUT2D eigenvalue weighted by molar-refractivity contribution is 5.92. The number of pyridine rings is 1. The van der Waals surface area contributed by atoms with Crippen LogP contribution in [0.1, 0.15) is 17.4 Å². The van der Waals surface area contributed by atoms with Crippen molar-refractivity contribution in [1.82, 2.24) is 10.3 Å². The van der Waals surface area contributed by atoms with Crippen molar-refractivity contribution in [2.75, 3.05) is 12.3 Å². The molecule has 0 bridgehead atoms. The summed E-state index contributed by atoms with van der Waals surface area (Å²) in [5.41, 5.74) is 6.24. The number of hydrogen-bond donors (Lipinski definition) is 2. The van der Waals surface area contributed by atoms with Crippen LogP contribution < -0.4 is 11.1 Å². The predicted octanol–water partition coefficient (Wildman–Crippen LogP) is 0.553. The summed E-state index contributed by atoms with van der Waals surface area (Å²) >= 11 is 0. The lowest BCUT2D eigenvalue weighted by molar-refractivity contribution is 0.0946. The molecule has 1 atom stereocenters. The molecule has 0 radical (unpaired) electrons. The van der Waals surface area contributed by atoms with E-state index in [0.717, 1.165) is 0 Å². The van der Waals surface area contributed by atoms with Gasteiger partial charge in [-0.1, -0.05) is 0 Å². The molecule has 1 aromatic heterocycles. The van der Waals surface area contributed by atoms with Crippen LogP contribution in [-0.2, 0) is 0 Å². The third-order valence-corrected chi connectivity index (χ3v) is 1.81. The molecule has 1 aromatic rings. The second kappa shape index (κ2) is 4.96. The fourth-order valence-corrected chi connectivity index (χ4v) is 0.922.